The molecule has 6 nitrogen and oxygen atoms in total. The first kappa shape index (κ1) is 17.9. The second kappa shape index (κ2) is 6.36. The minimum atomic E-state index is -3.48. The second-order valence-electron chi connectivity index (χ2n) is 6.04. The Morgan fingerprint density at radius 1 is 1.26 bits per heavy atom. The summed E-state index contributed by atoms with van der Waals surface area (Å²) in [7, 11) is -3.48. The third-order valence-corrected chi connectivity index (χ3v) is 4.14. The van der Waals surface area contributed by atoms with Crippen molar-refractivity contribution in [3.05, 3.63) is 0 Å². The summed E-state index contributed by atoms with van der Waals surface area (Å²) >= 11 is 0. The van der Waals surface area contributed by atoms with Gasteiger partial charge in [-0.15, -0.1) is 0 Å². The number of aliphatic carboxylic acids is 1. The number of hydrogen-bond acceptors (Lipinski definition) is 4. The number of carboxylic acid groups (broad SMARTS) is 1. The van der Waals surface area contributed by atoms with Crippen molar-refractivity contribution in [3.8, 4) is 0 Å². The Labute approximate surface area is 114 Å². The van der Waals surface area contributed by atoms with Gasteiger partial charge in [0.1, 0.15) is 5.25 Å². The van der Waals surface area contributed by atoms with Crippen LogP contribution < -0.4 is 5.32 Å². The average molecular weight is 293 g/mol. The SMILES string of the molecule is CC(C(=O)NC(CC(=O)O)CC(C)(C)C)S(C)(=O)=O. The van der Waals surface area contributed by atoms with Gasteiger partial charge in [-0.1, -0.05) is 20.8 Å². The fourth-order valence-electron chi connectivity index (χ4n) is 1.64. The Kier molecular flexibility index (Phi) is 5.99. The highest BCUT2D eigenvalue weighted by molar-refractivity contribution is 7.92. The molecule has 2 N–H and O–H groups in total. The summed E-state index contributed by atoms with van der Waals surface area (Å²) in [6.07, 6.45) is 1.22. The summed E-state index contributed by atoms with van der Waals surface area (Å²) in [5.74, 6) is -1.68. The number of carboxylic acids is 1. The van der Waals surface area contributed by atoms with Crippen LogP contribution in [0.15, 0.2) is 0 Å². The highest BCUT2D eigenvalue weighted by Gasteiger charge is 2.28. The Morgan fingerprint density at radius 3 is 2.05 bits per heavy atom. The Balaban J connectivity index is 4.83. The fourth-order valence-corrected chi connectivity index (χ4v) is 2.09. The van der Waals surface area contributed by atoms with Crippen LogP contribution in [0.5, 0.6) is 0 Å². The predicted octanol–water partition coefficient (Wildman–Crippen LogP) is 0.815. The van der Waals surface area contributed by atoms with Crippen molar-refractivity contribution in [3.63, 3.8) is 0 Å². The van der Waals surface area contributed by atoms with Crippen molar-refractivity contribution in [1.29, 1.82) is 0 Å². The van der Waals surface area contributed by atoms with E-state index in [1.807, 2.05) is 20.8 Å². The van der Waals surface area contributed by atoms with Gasteiger partial charge in [-0.25, -0.2) is 8.42 Å². The standard InChI is InChI=1S/C12H23NO5S/c1-8(19(5,17)18)11(16)13-9(6-10(14)15)7-12(2,3)4/h8-9H,6-7H2,1-5H3,(H,13,16)(H,14,15). The molecule has 0 rings (SSSR count). The zero-order chi connectivity index (χ0) is 15.4. The number of sulfone groups is 1. The third-order valence-electron chi connectivity index (χ3n) is 2.64. The van der Waals surface area contributed by atoms with E-state index in [1.54, 1.807) is 0 Å². The molecule has 0 heterocycles. The summed E-state index contributed by atoms with van der Waals surface area (Å²) in [6, 6.07) is -0.575. The Hall–Kier alpha value is -1.11. The van der Waals surface area contributed by atoms with E-state index in [0.29, 0.717) is 6.42 Å². The van der Waals surface area contributed by atoms with E-state index in [1.165, 1.54) is 6.92 Å². The molecule has 0 aromatic carbocycles. The van der Waals surface area contributed by atoms with Gasteiger partial charge in [0.2, 0.25) is 5.91 Å². The zero-order valence-corrected chi connectivity index (χ0v) is 12.9. The van der Waals surface area contributed by atoms with Gasteiger partial charge in [0.15, 0.2) is 9.84 Å². The molecular formula is C12H23NO5S. The van der Waals surface area contributed by atoms with Crippen LogP contribution >= 0.6 is 0 Å². The number of carbonyl (C=O) groups is 2. The summed E-state index contributed by atoms with van der Waals surface area (Å²) in [5, 5.41) is 10.2. The lowest BCUT2D eigenvalue weighted by molar-refractivity contribution is -0.137. The molecule has 2 atom stereocenters. The van der Waals surface area contributed by atoms with Crippen molar-refractivity contribution in [2.24, 2.45) is 5.41 Å². The molecule has 0 radical (unpaired) electrons. The van der Waals surface area contributed by atoms with Crippen molar-refractivity contribution >= 4 is 21.7 Å². The lowest BCUT2D eigenvalue weighted by atomic mass is 9.87. The molecule has 112 valence electrons. The van der Waals surface area contributed by atoms with Gasteiger partial charge in [0.05, 0.1) is 6.42 Å². The highest BCUT2D eigenvalue weighted by atomic mass is 32.2. The maximum absolute atomic E-state index is 11.8. The zero-order valence-electron chi connectivity index (χ0n) is 12.1. The molecule has 0 fully saturated rings. The molecule has 19 heavy (non-hydrogen) atoms. The van der Waals surface area contributed by atoms with Crippen LogP contribution in [0, 0.1) is 5.41 Å². The van der Waals surface area contributed by atoms with Gasteiger partial charge < -0.3 is 10.4 Å². The normalized spacial score (nSPS) is 15.6. The molecule has 0 aromatic rings. The Bertz CT molecular complexity index is 436. The maximum atomic E-state index is 11.8. The predicted molar refractivity (Wildman–Crippen MR) is 72.6 cm³/mol. The maximum Gasteiger partial charge on any atom is 0.305 e. The largest absolute Gasteiger partial charge is 0.481 e. The smallest absolute Gasteiger partial charge is 0.305 e. The minimum absolute atomic E-state index is 0.165. The van der Waals surface area contributed by atoms with Crippen molar-refractivity contribution in [2.75, 3.05) is 6.26 Å². The second-order valence-corrected chi connectivity index (χ2v) is 8.41. The van der Waals surface area contributed by atoms with Gasteiger partial charge in [-0.3, -0.25) is 9.59 Å². The van der Waals surface area contributed by atoms with Crippen LogP contribution in [0.25, 0.3) is 0 Å². The van der Waals surface area contributed by atoms with Gasteiger partial charge >= 0.3 is 5.97 Å². The van der Waals surface area contributed by atoms with Crippen LogP contribution in [-0.2, 0) is 19.4 Å². The van der Waals surface area contributed by atoms with E-state index < -0.39 is 33.0 Å². The van der Waals surface area contributed by atoms with Gasteiger partial charge in [-0.05, 0) is 18.8 Å². The van der Waals surface area contributed by atoms with Gasteiger partial charge in [0, 0.05) is 12.3 Å². The molecule has 0 bridgehead atoms. The molecule has 0 aliphatic carbocycles. The lowest BCUT2D eigenvalue weighted by Gasteiger charge is -2.26. The van der Waals surface area contributed by atoms with E-state index in [0.717, 1.165) is 6.26 Å². The van der Waals surface area contributed by atoms with E-state index in [9.17, 15) is 18.0 Å². The van der Waals surface area contributed by atoms with Crippen molar-refractivity contribution in [2.45, 2.75) is 51.8 Å². The van der Waals surface area contributed by atoms with Crippen LogP contribution in [0.2, 0.25) is 0 Å². The molecular weight excluding hydrogens is 270 g/mol. The summed E-state index contributed by atoms with van der Waals surface area (Å²) in [6.45, 7) is 7.07. The van der Waals surface area contributed by atoms with E-state index >= 15 is 0 Å². The quantitative estimate of drug-likeness (QED) is 0.755. The van der Waals surface area contributed by atoms with Crippen LogP contribution in [0.1, 0.15) is 40.5 Å². The molecule has 0 aliphatic rings. The molecule has 0 saturated carbocycles. The first-order valence-electron chi connectivity index (χ1n) is 6.04. The van der Waals surface area contributed by atoms with Gasteiger partial charge in [0.25, 0.3) is 0 Å². The average Bonchev–Trinajstić information content (AvgIpc) is 2.10. The molecule has 1 amide bonds. The number of amides is 1. The topological polar surface area (TPSA) is 101 Å². The molecule has 2 unspecified atom stereocenters. The number of carbonyl (C=O) groups excluding carboxylic acids is 1. The van der Waals surface area contributed by atoms with E-state index in [2.05, 4.69) is 5.32 Å². The van der Waals surface area contributed by atoms with Crippen LogP contribution in [-0.4, -0.2) is 42.9 Å². The first-order chi connectivity index (χ1) is 8.33. The lowest BCUT2D eigenvalue weighted by Crippen LogP contribution is -2.45. The number of hydrogen-bond donors (Lipinski definition) is 2. The fraction of sp³-hybridized carbons (Fsp3) is 0.833. The minimum Gasteiger partial charge on any atom is -0.481 e. The first-order valence-corrected chi connectivity index (χ1v) is 7.99. The van der Waals surface area contributed by atoms with Crippen LogP contribution in [0.4, 0.5) is 0 Å². The van der Waals surface area contributed by atoms with E-state index in [4.69, 9.17) is 5.11 Å². The number of nitrogens with one attached hydrogen (secondary N) is 1. The summed E-state index contributed by atoms with van der Waals surface area (Å²) in [5.41, 5.74) is -0.165. The summed E-state index contributed by atoms with van der Waals surface area (Å²) < 4.78 is 22.6. The molecule has 0 aliphatic heterocycles. The molecule has 0 aromatic heterocycles. The molecule has 0 spiro atoms. The third kappa shape index (κ3) is 7.81. The summed E-state index contributed by atoms with van der Waals surface area (Å²) in [4.78, 5) is 22.6. The highest BCUT2D eigenvalue weighted by Crippen LogP contribution is 2.22. The Morgan fingerprint density at radius 2 is 1.74 bits per heavy atom. The molecule has 0 saturated heterocycles. The van der Waals surface area contributed by atoms with Gasteiger partial charge in [-0.2, -0.15) is 0 Å². The number of rotatable bonds is 6. The molecule has 7 heteroatoms. The van der Waals surface area contributed by atoms with Crippen LogP contribution in [0.3, 0.4) is 0 Å². The van der Waals surface area contributed by atoms with Crippen molar-refractivity contribution in [1.82, 2.24) is 5.32 Å². The van der Waals surface area contributed by atoms with Crippen molar-refractivity contribution < 1.29 is 23.1 Å². The van der Waals surface area contributed by atoms with E-state index in [-0.39, 0.29) is 11.8 Å². The monoisotopic (exact) mass is 293 g/mol.